The number of aromatic nitrogens is 1. The summed E-state index contributed by atoms with van der Waals surface area (Å²) in [5, 5.41) is 11.8. The van der Waals surface area contributed by atoms with Crippen molar-refractivity contribution in [2.75, 3.05) is 7.11 Å². The first-order chi connectivity index (χ1) is 17.1. The molecule has 1 heterocycles. The summed E-state index contributed by atoms with van der Waals surface area (Å²) in [7, 11) is 1.59. The van der Waals surface area contributed by atoms with Gasteiger partial charge in [-0.3, -0.25) is 4.79 Å². The minimum absolute atomic E-state index is 0.0357. The Kier molecular flexibility index (Phi) is 8.13. The molecule has 0 atom stereocenters. The predicted molar refractivity (Wildman–Crippen MR) is 137 cm³/mol. The zero-order valence-electron chi connectivity index (χ0n) is 19.8. The second kappa shape index (κ2) is 11.6. The molecule has 4 aromatic rings. The molecule has 180 valence electrons. The molecule has 4 rings (SSSR count). The monoisotopic (exact) mass is 488 g/mol. The third kappa shape index (κ3) is 6.47. The summed E-state index contributed by atoms with van der Waals surface area (Å²) in [4.78, 5) is 19.6. The fourth-order valence-corrected chi connectivity index (χ4v) is 4.36. The number of rotatable bonds is 10. The first-order valence-corrected chi connectivity index (χ1v) is 12.2. The molecule has 0 aliphatic heterocycles. The highest BCUT2D eigenvalue weighted by Crippen LogP contribution is 2.30. The van der Waals surface area contributed by atoms with Crippen LogP contribution in [0.1, 0.15) is 37.7 Å². The van der Waals surface area contributed by atoms with Gasteiger partial charge in [0.2, 0.25) is 0 Å². The van der Waals surface area contributed by atoms with E-state index in [9.17, 15) is 9.90 Å². The number of aryl methyl sites for hydroxylation is 1. The first kappa shape index (κ1) is 24.4. The zero-order valence-corrected chi connectivity index (χ0v) is 20.6. The number of hydrogen-bond acceptors (Lipinski definition) is 6. The molecule has 1 amide bonds. The zero-order chi connectivity index (χ0) is 24.6. The van der Waals surface area contributed by atoms with Gasteiger partial charge in [-0.15, -0.1) is 11.3 Å². The van der Waals surface area contributed by atoms with Crippen LogP contribution in [0.4, 0.5) is 0 Å². The average molecular weight is 489 g/mol. The summed E-state index contributed by atoms with van der Waals surface area (Å²) >= 11 is 1.44. The number of hydrogen-bond donors (Lipinski definition) is 1. The van der Waals surface area contributed by atoms with Gasteiger partial charge >= 0.3 is 0 Å². The van der Waals surface area contributed by atoms with Crippen LogP contribution in [0.3, 0.4) is 0 Å². The first-order valence-electron chi connectivity index (χ1n) is 11.3. The van der Waals surface area contributed by atoms with Gasteiger partial charge in [-0.2, -0.15) is 0 Å². The summed E-state index contributed by atoms with van der Waals surface area (Å²) in [6, 6.07) is 23.3. The van der Waals surface area contributed by atoms with Gasteiger partial charge in [-0.1, -0.05) is 54.1 Å². The van der Waals surface area contributed by atoms with Crippen molar-refractivity contribution in [1.29, 1.82) is 0 Å². The van der Waals surface area contributed by atoms with Crippen molar-refractivity contribution in [3.8, 4) is 11.5 Å². The van der Waals surface area contributed by atoms with Crippen molar-refractivity contribution in [3.05, 3.63) is 111 Å². The van der Waals surface area contributed by atoms with Crippen molar-refractivity contribution in [2.45, 2.75) is 33.2 Å². The average Bonchev–Trinajstić information content (AvgIpc) is 3.36. The van der Waals surface area contributed by atoms with Gasteiger partial charge < -0.3 is 19.5 Å². The SMILES string of the molecule is COc1ccc(CN(Cc2ccccc2)C(=O)c2ccc(C)cc2)cc1OCc1nc(CO)cs1. The lowest BCUT2D eigenvalue weighted by molar-refractivity contribution is 0.0730. The molecular weight excluding hydrogens is 460 g/mol. The molecule has 0 aliphatic carbocycles. The highest BCUT2D eigenvalue weighted by Gasteiger charge is 2.18. The van der Waals surface area contributed by atoms with Crippen LogP contribution < -0.4 is 9.47 Å². The second-order valence-corrected chi connectivity index (χ2v) is 9.12. The number of amides is 1. The molecule has 3 aromatic carbocycles. The maximum atomic E-state index is 13.5. The predicted octanol–water partition coefficient (Wildman–Crippen LogP) is 5.37. The molecule has 0 radical (unpaired) electrons. The maximum absolute atomic E-state index is 13.5. The van der Waals surface area contributed by atoms with Gasteiger partial charge in [0.15, 0.2) is 11.5 Å². The van der Waals surface area contributed by atoms with Crippen LogP contribution in [-0.2, 0) is 26.3 Å². The minimum atomic E-state index is -0.0957. The van der Waals surface area contributed by atoms with Crippen LogP contribution in [0.25, 0.3) is 0 Å². The third-order valence-corrected chi connectivity index (χ3v) is 6.39. The maximum Gasteiger partial charge on any atom is 0.254 e. The highest BCUT2D eigenvalue weighted by molar-refractivity contribution is 7.09. The fourth-order valence-electron chi connectivity index (χ4n) is 3.66. The molecule has 1 N–H and O–H groups in total. The lowest BCUT2D eigenvalue weighted by Gasteiger charge is -2.24. The van der Waals surface area contributed by atoms with Crippen molar-refractivity contribution in [2.24, 2.45) is 0 Å². The number of ether oxygens (including phenoxy) is 2. The number of carbonyl (C=O) groups excluding carboxylic acids is 1. The molecule has 0 saturated carbocycles. The largest absolute Gasteiger partial charge is 0.493 e. The van der Waals surface area contributed by atoms with Crippen LogP contribution in [0.15, 0.2) is 78.2 Å². The standard InChI is InChI=1S/C28H28N2O4S/c1-20-8-11-23(12-9-20)28(32)30(15-21-6-4-3-5-7-21)16-22-10-13-25(33-2)26(14-22)34-18-27-29-24(17-31)19-35-27/h3-14,19,31H,15-18H2,1-2H3. The fraction of sp³-hybridized carbons (Fsp3) is 0.214. The van der Waals surface area contributed by atoms with Crippen molar-refractivity contribution in [1.82, 2.24) is 9.88 Å². The lowest BCUT2D eigenvalue weighted by atomic mass is 10.1. The number of aliphatic hydroxyl groups excluding tert-OH is 1. The quantitative estimate of drug-likeness (QED) is 0.325. The Morgan fingerprint density at radius 1 is 0.971 bits per heavy atom. The van der Waals surface area contributed by atoms with Crippen LogP contribution in [-0.4, -0.2) is 28.0 Å². The van der Waals surface area contributed by atoms with Gasteiger partial charge in [0.1, 0.15) is 11.6 Å². The van der Waals surface area contributed by atoms with E-state index in [2.05, 4.69) is 4.98 Å². The number of benzene rings is 3. The molecule has 7 heteroatoms. The molecule has 6 nitrogen and oxygen atoms in total. The van der Waals surface area contributed by atoms with Crippen molar-refractivity contribution in [3.63, 3.8) is 0 Å². The van der Waals surface area contributed by atoms with Gasteiger partial charge in [-0.05, 0) is 42.3 Å². The number of carbonyl (C=O) groups is 1. The number of nitrogens with zero attached hydrogens (tertiary/aromatic N) is 2. The number of thiazole rings is 1. The Morgan fingerprint density at radius 2 is 1.71 bits per heavy atom. The summed E-state index contributed by atoms with van der Waals surface area (Å²) < 4.78 is 11.5. The van der Waals surface area contributed by atoms with E-state index in [1.807, 2.05) is 90.0 Å². The Labute approximate surface area is 209 Å². The van der Waals surface area contributed by atoms with Crippen molar-refractivity contribution >= 4 is 17.2 Å². The van der Waals surface area contributed by atoms with E-state index < -0.39 is 0 Å². The summed E-state index contributed by atoms with van der Waals surface area (Å²) in [6.07, 6.45) is 0. The molecule has 0 unspecified atom stereocenters. The van der Waals surface area contributed by atoms with Gasteiger partial charge in [0.25, 0.3) is 5.91 Å². The lowest BCUT2D eigenvalue weighted by Crippen LogP contribution is -2.30. The smallest absolute Gasteiger partial charge is 0.254 e. The Bertz CT molecular complexity index is 1260. The van der Waals surface area contributed by atoms with Gasteiger partial charge in [0.05, 0.1) is 19.4 Å². The molecule has 0 fully saturated rings. The molecule has 35 heavy (non-hydrogen) atoms. The topological polar surface area (TPSA) is 71.9 Å². The molecule has 0 saturated heterocycles. The summed E-state index contributed by atoms with van der Waals surface area (Å²) in [5.74, 6) is 1.15. The summed E-state index contributed by atoms with van der Waals surface area (Å²) in [5.41, 5.74) is 4.37. The van der Waals surface area contributed by atoms with Gasteiger partial charge in [-0.25, -0.2) is 4.98 Å². The van der Waals surface area contributed by atoms with E-state index in [-0.39, 0.29) is 19.1 Å². The van der Waals surface area contributed by atoms with E-state index >= 15 is 0 Å². The third-order valence-electron chi connectivity index (χ3n) is 5.52. The number of aliphatic hydroxyl groups is 1. The van der Waals surface area contributed by atoms with E-state index in [1.165, 1.54) is 11.3 Å². The van der Waals surface area contributed by atoms with Crippen molar-refractivity contribution < 1.29 is 19.4 Å². The van der Waals surface area contributed by atoms with E-state index in [4.69, 9.17) is 9.47 Å². The highest BCUT2D eigenvalue weighted by atomic mass is 32.1. The Hall–Kier alpha value is -3.68. The molecule has 0 spiro atoms. The minimum Gasteiger partial charge on any atom is -0.493 e. The van der Waals surface area contributed by atoms with E-state index in [1.54, 1.807) is 7.11 Å². The van der Waals surface area contributed by atoms with E-state index in [0.29, 0.717) is 35.8 Å². The molecular formula is C28H28N2O4S. The molecule has 1 aromatic heterocycles. The molecule has 0 aliphatic rings. The van der Waals surface area contributed by atoms with Crippen LogP contribution in [0.2, 0.25) is 0 Å². The normalized spacial score (nSPS) is 10.7. The van der Waals surface area contributed by atoms with Gasteiger partial charge in [0, 0.05) is 24.0 Å². The summed E-state index contributed by atoms with van der Waals surface area (Å²) in [6.45, 7) is 3.07. The van der Waals surface area contributed by atoms with Crippen LogP contribution >= 0.6 is 11.3 Å². The van der Waals surface area contributed by atoms with Crippen LogP contribution in [0, 0.1) is 6.92 Å². The second-order valence-electron chi connectivity index (χ2n) is 8.18. The number of methoxy groups -OCH3 is 1. The molecule has 0 bridgehead atoms. The Morgan fingerprint density at radius 3 is 2.40 bits per heavy atom. The Balaban J connectivity index is 1.56. The van der Waals surface area contributed by atoms with Crippen LogP contribution in [0.5, 0.6) is 11.5 Å². The van der Waals surface area contributed by atoms with E-state index in [0.717, 1.165) is 21.7 Å².